The first kappa shape index (κ1) is 16.0. The molecular weight excluding hydrogens is 321 g/mol. The van der Waals surface area contributed by atoms with E-state index in [1.807, 2.05) is 11.0 Å². The fourth-order valence-corrected chi connectivity index (χ4v) is 3.51. The van der Waals surface area contributed by atoms with Crippen molar-refractivity contribution in [3.63, 3.8) is 0 Å². The zero-order valence-electron chi connectivity index (χ0n) is 14.0. The van der Waals surface area contributed by atoms with Gasteiger partial charge in [-0.05, 0) is 30.7 Å². The third kappa shape index (κ3) is 2.84. The number of H-pyrrole nitrogens is 1. The van der Waals surface area contributed by atoms with E-state index in [0.717, 1.165) is 24.8 Å². The van der Waals surface area contributed by atoms with Gasteiger partial charge in [-0.1, -0.05) is 13.3 Å². The van der Waals surface area contributed by atoms with Crippen LogP contribution in [0.25, 0.3) is 22.4 Å². The first-order valence-corrected chi connectivity index (χ1v) is 8.56. The van der Waals surface area contributed by atoms with Crippen molar-refractivity contribution in [2.75, 3.05) is 18.0 Å². The van der Waals surface area contributed by atoms with Crippen LogP contribution in [-0.2, 0) is 0 Å². The number of fused-ring (bicyclic) bond motifs is 1. The van der Waals surface area contributed by atoms with Crippen LogP contribution in [-0.4, -0.2) is 44.5 Å². The van der Waals surface area contributed by atoms with E-state index in [1.54, 1.807) is 18.3 Å². The van der Waals surface area contributed by atoms with Gasteiger partial charge in [-0.25, -0.2) is 14.4 Å². The van der Waals surface area contributed by atoms with Crippen LogP contribution in [0.3, 0.4) is 0 Å². The predicted molar refractivity (Wildman–Crippen MR) is 93.7 cm³/mol. The summed E-state index contributed by atoms with van der Waals surface area (Å²) < 4.78 is 14.4. The van der Waals surface area contributed by atoms with Gasteiger partial charge in [0.2, 0.25) is 0 Å². The number of aromatic nitrogens is 4. The summed E-state index contributed by atoms with van der Waals surface area (Å²) in [5, 5.41) is 17.9. The average molecular weight is 341 g/mol. The van der Waals surface area contributed by atoms with E-state index in [9.17, 15) is 9.50 Å². The summed E-state index contributed by atoms with van der Waals surface area (Å²) in [6.45, 7) is 3.37. The zero-order valence-corrected chi connectivity index (χ0v) is 14.0. The number of rotatable bonds is 4. The van der Waals surface area contributed by atoms with Gasteiger partial charge < -0.3 is 10.0 Å². The maximum atomic E-state index is 14.4. The molecule has 0 bridgehead atoms. The molecule has 4 rings (SSSR count). The van der Waals surface area contributed by atoms with Crippen LogP contribution < -0.4 is 4.90 Å². The van der Waals surface area contributed by atoms with Crippen LogP contribution in [0.2, 0.25) is 0 Å². The smallest absolute Gasteiger partial charge is 0.181 e. The maximum Gasteiger partial charge on any atom is 0.181 e. The van der Waals surface area contributed by atoms with Crippen LogP contribution in [0.1, 0.15) is 19.8 Å². The van der Waals surface area contributed by atoms with Gasteiger partial charge in [-0.15, -0.1) is 0 Å². The van der Waals surface area contributed by atoms with Gasteiger partial charge in [0, 0.05) is 30.6 Å². The second-order valence-electron chi connectivity index (χ2n) is 6.49. The minimum absolute atomic E-state index is 0.224. The SMILES string of the molecule is CCC[C@@H]1CN(c2ccc(F)c(-c3[nH]nc4ncccc34)n2)C[C@@H]1O. The second kappa shape index (κ2) is 6.40. The molecule has 3 aromatic heterocycles. The molecule has 1 fully saturated rings. The molecule has 0 aliphatic carbocycles. The maximum absolute atomic E-state index is 14.4. The van der Waals surface area contributed by atoms with Crippen molar-refractivity contribution >= 4 is 16.9 Å². The molecule has 130 valence electrons. The summed E-state index contributed by atoms with van der Waals surface area (Å²) in [6.07, 6.45) is 3.28. The number of anilines is 1. The summed E-state index contributed by atoms with van der Waals surface area (Å²) in [5.74, 6) is 0.487. The van der Waals surface area contributed by atoms with Crippen molar-refractivity contribution in [3.05, 3.63) is 36.3 Å². The molecular formula is C18H20FN5O. The molecule has 0 radical (unpaired) electrons. The van der Waals surface area contributed by atoms with Crippen LogP contribution in [0.4, 0.5) is 10.2 Å². The fraction of sp³-hybridized carbons (Fsp3) is 0.389. The number of nitrogens with zero attached hydrogens (tertiary/aromatic N) is 4. The predicted octanol–water partition coefficient (Wildman–Crippen LogP) is 2.76. The lowest BCUT2D eigenvalue weighted by Crippen LogP contribution is -2.22. The lowest BCUT2D eigenvalue weighted by molar-refractivity contribution is 0.143. The molecule has 0 spiro atoms. The molecule has 0 saturated carbocycles. The molecule has 3 aromatic rings. The first-order chi connectivity index (χ1) is 12.2. The quantitative estimate of drug-likeness (QED) is 0.763. The summed E-state index contributed by atoms with van der Waals surface area (Å²) in [6, 6.07) is 6.71. The van der Waals surface area contributed by atoms with Crippen molar-refractivity contribution in [1.29, 1.82) is 0 Å². The Labute approximate surface area is 144 Å². The highest BCUT2D eigenvalue weighted by molar-refractivity contribution is 5.89. The number of aliphatic hydroxyl groups excluding tert-OH is 1. The standard InChI is InChI=1S/C18H20FN5O/c1-2-4-11-9-24(10-14(11)25)15-7-6-13(19)17(21-15)16-12-5-3-8-20-18(12)23-22-16/h3,5-8,11,14,25H,2,4,9-10H2,1H3,(H,20,22,23)/t11-,14+/m1/s1. The Morgan fingerprint density at radius 2 is 2.20 bits per heavy atom. The van der Waals surface area contributed by atoms with E-state index in [0.29, 0.717) is 23.7 Å². The average Bonchev–Trinajstić information content (AvgIpc) is 3.20. The van der Waals surface area contributed by atoms with Crippen molar-refractivity contribution in [3.8, 4) is 11.4 Å². The monoisotopic (exact) mass is 341 g/mol. The molecule has 2 N–H and O–H groups in total. The molecule has 1 saturated heterocycles. The topological polar surface area (TPSA) is 77.9 Å². The molecule has 25 heavy (non-hydrogen) atoms. The molecule has 4 heterocycles. The van der Waals surface area contributed by atoms with E-state index in [-0.39, 0.29) is 17.7 Å². The van der Waals surface area contributed by atoms with Crippen molar-refractivity contribution < 1.29 is 9.50 Å². The summed E-state index contributed by atoms with van der Waals surface area (Å²) in [4.78, 5) is 10.7. The molecule has 0 amide bonds. The van der Waals surface area contributed by atoms with Gasteiger partial charge in [-0.2, -0.15) is 5.10 Å². The number of β-amino-alcohol motifs (C(OH)–C–C–N with tert-alkyl or cyclic N) is 1. The second-order valence-corrected chi connectivity index (χ2v) is 6.49. The van der Waals surface area contributed by atoms with Crippen molar-refractivity contribution in [2.24, 2.45) is 5.92 Å². The highest BCUT2D eigenvalue weighted by Gasteiger charge is 2.31. The molecule has 7 heteroatoms. The Morgan fingerprint density at radius 1 is 1.32 bits per heavy atom. The van der Waals surface area contributed by atoms with Gasteiger partial charge in [0.05, 0.1) is 11.8 Å². The molecule has 1 aliphatic heterocycles. The first-order valence-electron chi connectivity index (χ1n) is 8.56. The van der Waals surface area contributed by atoms with Gasteiger partial charge >= 0.3 is 0 Å². The third-order valence-corrected chi connectivity index (χ3v) is 4.79. The Morgan fingerprint density at radius 3 is 3.04 bits per heavy atom. The summed E-state index contributed by atoms with van der Waals surface area (Å²) in [5.41, 5.74) is 1.28. The fourth-order valence-electron chi connectivity index (χ4n) is 3.51. The number of nitrogens with one attached hydrogen (secondary N) is 1. The van der Waals surface area contributed by atoms with E-state index >= 15 is 0 Å². The Kier molecular flexibility index (Phi) is 4.09. The van der Waals surface area contributed by atoms with Gasteiger partial charge in [0.1, 0.15) is 11.5 Å². The van der Waals surface area contributed by atoms with Crippen LogP contribution in [0, 0.1) is 11.7 Å². The normalized spacial score (nSPS) is 20.5. The molecule has 2 atom stereocenters. The van der Waals surface area contributed by atoms with E-state index < -0.39 is 5.82 Å². The molecule has 0 aromatic carbocycles. The number of aliphatic hydroxyl groups is 1. The number of hydrogen-bond donors (Lipinski definition) is 2. The molecule has 1 aliphatic rings. The van der Waals surface area contributed by atoms with Crippen LogP contribution in [0.15, 0.2) is 30.5 Å². The number of aromatic amines is 1. The minimum atomic E-state index is -0.414. The number of hydrogen-bond acceptors (Lipinski definition) is 5. The Hall–Kier alpha value is -2.54. The minimum Gasteiger partial charge on any atom is -0.391 e. The van der Waals surface area contributed by atoms with Gasteiger partial charge in [-0.3, -0.25) is 5.10 Å². The zero-order chi connectivity index (χ0) is 17.4. The lowest BCUT2D eigenvalue weighted by atomic mass is 10.0. The van der Waals surface area contributed by atoms with Crippen LogP contribution in [0.5, 0.6) is 0 Å². The largest absolute Gasteiger partial charge is 0.391 e. The van der Waals surface area contributed by atoms with E-state index in [1.165, 1.54) is 6.07 Å². The van der Waals surface area contributed by atoms with Crippen molar-refractivity contribution in [1.82, 2.24) is 20.2 Å². The third-order valence-electron chi connectivity index (χ3n) is 4.79. The van der Waals surface area contributed by atoms with Gasteiger partial charge in [0.25, 0.3) is 0 Å². The number of halogens is 1. The highest BCUT2D eigenvalue weighted by Crippen LogP contribution is 2.30. The lowest BCUT2D eigenvalue weighted by Gasteiger charge is -2.18. The van der Waals surface area contributed by atoms with E-state index in [2.05, 4.69) is 27.1 Å². The molecule has 0 unspecified atom stereocenters. The summed E-state index contributed by atoms with van der Waals surface area (Å²) in [7, 11) is 0. The van der Waals surface area contributed by atoms with Crippen molar-refractivity contribution in [2.45, 2.75) is 25.9 Å². The highest BCUT2D eigenvalue weighted by atomic mass is 19.1. The number of pyridine rings is 2. The van der Waals surface area contributed by atoms with E-state index in [4.69, 9.17) is 0 Å². The van der Waals surface area contributed by atoms with Crippen LogP contribution >= 0.6 is 0 Å². The summed E-state index contributed by atoms with van der Waals surface area (Å²) >= 11 is 0. The Bertz CT molecular complexity index is 896. The Balaban J connectivity index is 1.70. The van der Waals surface area contributed by atoms with Gasteiger partial charge in [0.15, 0.2) is 11.5 Å². The molecule has 6 nitrogen and oxygen atoms in total.